The highest BCUT2D eigenvalue weighted by Crippen LogP contribution is 2.24. The predicted octanol–water partition coefficient (Wildman–Crippen LogP) is 3.72. The first-order valence-corrected chi connectivity index (χ1v) is 7.64. The Labute approximate surface area is 130 Å². The number of benzene rings is 1. The van der Waals surface area contributed by atoms with Crippen LogP contribution in [0.25, 0.3) is 0 Å². The summed E-state index contributed by atoms with van der Waals surface area (Å²) in [5, 5.41) is 12.2. The van der Waals surface area contributed by atoms with Crippen LogP contribution in [0, 0.1) is 17.2 Å². The van der Waals surface area contributed by atoms with Gasteiger partial charge < -0.3 is 5.32 Å². The van der Waals surface area contributed by atoms with Gasteiger partial charge in [-0.2, -0.15) is 5.26 Å². The molecule has 0 saturated heterocycles. The summed E-state index contributed by atoms with van der Waals surface area (Å²) in [4.78, 5) is 11.8. The van der Waals surface area contributed by atoms with Gasteiger partial charge in [-0.05, 0) is 30.5 Å². The Bertz CT molecular complexity index is 510. The molecule has 0 aromatic heterocycles. The third-order valence-electron chi connectivity index (χ3n) is 2.83. The first-order valence-electron chi connectivity index (χ1n) is 5.93. The van der Waals surface area contributed by atoms with Crippen LogP contribution in [-0.4, -0.2) is 10.7 Å². The van der Waals surface area contributed by atoms with E-state index in [0.717, 1.165) is 10.0 Å². The van der Waals surface area contributed by atoms with E-state index in [9.17, 15) is 10.1 Å². The summed E-state index contributed by atoms with van der Waals surface area (Å²) < 4.78 is 0.875. The molecular weight excluding hydrogens is 372 g/mol. The SMILES string of the molecule is CC(C)C(Br)C(=O)NC(C)(C#N)c1cccc(Br)c1. The Balaban J connectivity index is 3.00. The Kier molecular flexibility index (Phi) is 5.57. The number of amides is 1. The minimum absolute atomic E-state index is 0.158. The van der Waals surface area contributed by atoms with Crippen molar-refractivity contribution in [1.29, 1.82) is 5.26 Å². The van der Waals surface area contributed by atoms with E-state index in [1.54, 1.807) is 6.92 Å². The van der Waals surface area contributed by atoms with E-state index in [-0.39, 0.29) is 16.7 Å². The average Bonchev–Trinajstić information content (AvgIpc) is 2.37. The van der Waals surface area contributed by atoms with Crippen molar-refractivity contribution in [2.75, 3.05) is 0 Å². The quantitative estimate of drug-likeness (QED) is 0.800. The molecule has 0 aliphatic carbocycles. The van der Waals surface area contributed by atoms with Crippen molar-refractivity contribution in [3.63, 3.8) is 0 Å². The maximum absolute atomic E-state index is 12.1. The molecule has 1 amide bonds. The second-order valence-electron chi connectivity index (χ2n) is 4.88. The molecule has 1 rings (SSSR count). The molecule has 1 aromatic rings. The van der Waals surface area contributed by atoms with E-state index in [1.165, 1.54) is 0 Å². The van der Waals surface area contributed by atoms with Crippen molar-refractivity contribution in [2.24, 2.45) is 5.92 Å². The highest BCUT2D eigenvalue weighted by atomic mass is 79.9. The van der Waals surface area contributed by atoms with Gasteiger partial charge in [-0.15, -0.1) is 0 Å². The van der Waals surface area contributed by atoms with Crippen molar-refractivity contribution in [2.45, 2.75) is 31.1 Å². The minimum atomic E-state index is -1.04. The van der Waals surface area contributed by atoms with Gasteiger partial charge in [0.15, 0.2) is 0 Å². The van der Waals surface area contributed by atoms with E-state index in [4.69, 9.17) is 0 Å². The minimum Gasteiger partial charge on any atom is -0.333 e. The molecule has 3 nitrogen and oxygen atoms in total. The van der Waals surface area contributed by atoms with E-state index < -0.39 is 5.54 Å². The standard InChI is InChI=1S/C14H16Br2N2O/c1-9(2)12(16)13(19)18-14(3,8-17)10-5-4-6-11(15)7-10/h4-7,9,12H,1-3H3,(H,18,19). The third kappa shape index (κ3) is 4.05. The third-order valence-corrected chi connectivity index (χ3v) is 4.80. The van der Waals surface area contributed by atoms with Gasteiger partial charge in [0.25, 0.3) is 0 Å². The molecule has 5 heteroatoms. The Morgan fingerprint density at radius 2 is 2.11 bits per heavy atom. The molecule has 0 aliphatic heterocycles. The molecular formula is C14H16Br2N2O. The van der Waals surface area contributed by atoms with Gasteiger partial charge >= 0.3 is 0 Å². The van der Waals surface area contributed by atoms with Gasteiger partial charge in [0.1, 0.15) is 5.54 Å². The number of hydrogen-bond donors (Lipinski definition) is 1. The number of alkyl halides is 1. The molecule has 1 aromatic carbocycles. The molecule has 2 atom stereocenters. The molecule has 0 aliphatic rings. The van der Waals surface area contributed by atoms with Crippen molar-refractivity contribution < 1.29 is 4.79 Å². The number of nitrogens with zero attached hydrogens (tertiary/aromatic N) is 1. The summed E-state index contributed by atoms with van der Waals surface area (Å²) in [6.07, 6.45) is 0. The van der Waals surface area contributed by atoms with Crippen LogP contribution in [0.1, 0.15) is 26.3 Å². The number of nitriles is 1. The first kappa shape index (κ1) is 16.2. The number of hydrogen-bond acceptors (Lipinski definition) is 2. The van der Waals surface area contributed by atoms with Crippen LogP contribution in [0.15, 0.2) is 28.7 Å². The molecule has 0 radical (unpaired) electrons. The number of rotatable bonds is 4. The lowest BCUT2D eigenvalue weighted by Crippen LogP contribution is -2.46. The van der Waals surface area contributed by atoms with Crippen LogP contribution < -0.4 is 5.32 Å². The molecule has 102 valence electrons. The fourth-order valence-corrected chi connectivity index (χ4v) is 2.10. The number of halogens is 2. The Morgan fingerprint density at radius 1 is 1.47 bits per heavy atom. The van der Waals surface area contributed by atoms with E-state index in [2.05, 4.69) is 43.2 Å². The van der Waals surface area contributed by atoms with Gasteiger partial charge in [0, 0.05) is 4.47 Å². The van der Waals surface area contributed by atoms with Gasteiger partial charge in [0.2, 0.25) is 5.91 Å². The lowest BCUT2D eigenvalue weighted by Gasteiger charge is -2.26. The van der Waals surface area contributed by atoms with E-state index in [0.29, 0.717) is 0 Å². The Morgan fingerprint density at radius 3 is 2.58 bits per heavy atom. The van der Waals surface area contributed by atoms with Crippen LogP contribution in [0.4, 0.5) is 0 Å². The van der Waals surface area contributed by atoms with Crippen molar-refractivity contribution in [1.82, 2.24) is 5.32 Å². The zero-order valence-electron chi connectivity index (χ0n) is 11.1. The van der Waals surface area contributed by atoms with Gasteiger partial charge in [-0.3, -0.25) is 4.79 Å². The van der Waals surface area contributed by atoms with E-state index >= 15 is 0 Å². The zero-order valence-corrected chi connectivity index (χ0v) is 14.2. The van der Waals surface area contributed by atoms with Crippen LogP contribution in [0.5, 0.6) is 0 Å². The van der Waals surface area contributed by atoms with Crippen molar-refractivity contribution in [3.8, 4) is 6.07 Å². The molecule has 0 fully saturated rings. The van der Waals surface area contributed by atoms with Crippen LogP contribution >= 0.6 is 31.9 Å². The van der Waals surface area contributed by atoms with Crippen molar-refractivity contribution >= 4 is 37.8 Å². The maximum Gasteiger partial charge on any atom is 0.235 e. The van der Waals surface area contributed by atoms with Crippen molar-refractivity contribution in [3.05, 3.63) is 34.3 Å². The molecule has 2 unspecified atom stereocenters. The summed E-state index contributed by atoms with van der Waals surface area (Å²) in [5.41, 5.74) is -0.289. The molecule has 19 heavy (non-hydrogen) atoms. The van der Waals surface area contributed by atoms with Gasteiger partial charge in [0.05, 0.1) is 10.9 Å². The summed E-state index contributed by atoms with van der Waals surface area (Å²) in [6, 6.07) is 9.56. The topological polar surface area (TPSA) is 52.9 Å². The molecule has 0 spiro atoms. The zero-order chi connectivity index (χ0) is 14.6. The maximum atomic E-state index is 12.1. The largest absolute Gasteiger partial charge is 0.333 e. The predicted molar refractivity (Wildman–Crippen MR) is 82.8 cm³/mol. The smallest absolute Gasteiger partial charge is 0.235 e. The highest BCUT2D eigenvalue weighted by molar-refractivity contribution is 9.10. The second kappa shape index (κ2) is 6.53. The lowest BCUT2D eigenvalue weighted by atomic mass is 9.93. The fourth-order valence-electron chi connectivity index (χ4n) is 1.58. The monoisotopic (exact) mass is 386 g/mol. The van der Waals surface area contributed by atoms with Crippen LogP contribution in [-0.2, 0) is 10.3 Å². The van der Waals surface area contributed by atoms with Gasteiger partial charge in [-0.25, -0.2) is 0 Å². The summed E-state index contributed by atoms with van der Waals surface area (Å²) in [5.74, 6) is -0.0236. The average molecular weight is 388 g/mol. The lowest BCUT2D eigenvalue weighted by molar-refractivity contribution is -0.122. The fraction of sp³-hybridized carbons (Fsp3) is 0.429. The molecule has 0 heterocycles. The highest BCUT2D eigenvalue weighted by Gasteiger charge is 2.31. The van der Waals surface area contributed by atoms with Crippen LogP contribution in [0.3, 0.4) is 0 Å². The molecule has 0 saturated carbocycles. The first-order chi connectivity index (χ1) is 8.80. The molecule has 0 bridgehead atoms. The summed E-state index contributed by atoms with van der Waals surface area (Å²) >= 11 is 6.72. The van der Waals surface area contributed by atoms with Crippen LogP contribution in [0.2, 0.25) is 0 Å². The number of carbonyl (C=O) groups is 1. The van der Waals surface area contributed by atoms with Gasteiger partial charge in [-0.1, -0.05) is 57.8 Å². The Hall–Kier alpha value is -0.860. The van der Waals surface area contributed by atoms with E-state index in [1.807, 2.05) is 38.1 Å². The normalized spacial score (nSPS) is 15.4. The molecule has 1 N–H and O–H groups in total. The number of nitrogens with one attached hydrogen (secondary N) is 1. The summed E-state index contributed by atoms with van der Waals surface area (Å²) in [6.45, 7) is 5.59. The summed E-state index contributed by atoms with van der Waals surface area (Å²) in [7, 11) is 0. The second-order valence-corrected chi connectivity index (χ2v) is 6.78. The number of carbonyl (C=O) groups excluding carboxylic acids is 1.